The van der Waals surface area contributed by atoms with Gasteiger partial charge in [0.1, 0.15) is 0 Å². The number of hydrogen-bond donors (Lipinski definition) is 1. The van der Waals surface area contributed by atoms with Gasteiger partial charge in [0, 0.05) is 13.1 Å². The Morgan fingerprint density at radius 2 is 1.30 bits per heavy atom. The summed E-state index contributed by atoms with van der Waals surface area (Å²) in [5, 5.41) is -13.1. The average molecular weight is 457 g/mol. The minimum atomic E-state index is -7.00. The van der Waals surface area contributed by atoms with E-state index < -0.39 is 49.7 Å². The second kappa shape index (κ2) is 7.91. The van der Waals surface area contributed by atoms with E-state index in [1.165, 1.54) is 0 Å². The molecule has 1 saturated carbocycles. The minimum absolute atomic E-state index is 0. The third-order valence-electron chi connectivity index (χ3n) is 4.97. The Balaban J connectivity index is 0.00000364. The van der Waals surface area contributed by atoms with Crippen LogP contribution in [0.1, 0.15) is 32.1 Å². The van der Waals surface area contributed by atoms with Crippen LogP contribution >= 0.6 is 0 Å². The molecule has 27 heavy (non-hydrogen) atoms. The van der Waals surface area contributed by atoms with Crippen molar-refractivity contribution < 1.29 is 47.7 Å². The van der Waals surface area contributed by atoms with Gasteiger partial charge in [0.25, 0.3) is 10.0 Å². The molecular weight excluding hydrogens is 439 g/mol. The molecule has 2 fully saturated rings. The maximum atomic E-state index is 14.0. The van der Waals surface area contributed by atoms with Crippen LogP contribution in [0.2, 0.25) is 0 Å². The molecule has 0 bridgehead atoms. The molecule has 1 heterocycles. The molecular formula is C12H18F6NNaO5S2. The van der Waals surface area contributed by atoms with Gasteiger partial charge in [-0.1, -0.05) is 19.3 Å². The Morgan fingerprint density at radius 3 is 1.78 bits per heavy atom. The Bertz CT molecular complexity index is 760. The van der Waals surface area contributed by atoms with Crippen molar-refractivity contribution in [2.45, 2.75) is 48.5 Å². The van der Waals surface area contributed by atoms with Gasteiger partial charge in [0.15, 0.2) is 0 Å². The van der Waals surface area contributed by atoms with Gasteiger partial charge in [-0.3, -0.25) is 4.55 Å². The molecule has 0 aromatic rings. The summed E-state index contributed by atoms with van der Waals surface area (Å²) in [7, 11) is -13.3. The summed E-state index contributed by atoms with van der Waals surface area (Å²) < 4.78 is 135. The van der Waals surface area contributed by atoms with Crippen molar-refractivity contribution in [2.24, 2.45) is 11.8 Å². The van der Waals surface area contributed by atoms with Gasteiger partial charge in [0.2, 0.25) is 0 Å². The van der Waals surface area contributed by atoms with E-state index in [4.69, 9.17) is 4.55 Å². The van der Waals surface area contributed by atoms with Crippen LogP contribution in [0.3, 0.4) is 0 Å². The molecule has 0 radical (unpaired) electrons. The van der Waals surface area contributed by atoms with E-state index in [-0.39, 0.29) is 52.1 Å². The van der Waals surface area contributed by atoms with Gasteiger partial charge >= 0.3 is 56.1 Å². The SMILES string of the molecule is O=S(=O)(O)C(F)(F)C(F)(F)C(F)(F)S(=O)(=O)N1CCC2CCCCC2C1.[NaH]. The summed E-state index contributed by atoms with van der Waals surface area (Å²) in [5.41, 5.74) is 0. The van der Waals surface area contributed by atoms with Gasteiger partial charge < -0.3 is 0 Å². The molecule has 0 aromatic heterocycles. The molecule has 1 N–H and O–H groups in total. The fourth-order valence-electron chi connectivity index (χ4n) is 3.44. The molecule has 0 amide bonds. The van der Waals surface area contributed by atoms with E-state index in [0.29, 0.717) is 12.8 Å². The predicted molar refractivity (Wildman–Crippen MR) is 84.1 cm³/mol. The van der Waals surface area contributed by atoms with E-state index >= 15 is 0 Å². The first-order valence-electron chi connectivity index (χ1n) is 7.67. The second-order valence-corrected chi connectivity index (χ2v) is 9.98. The molecule has 2 unspecified atom stereocenters. The Kier molecular flexibility index (Phi) is 7.45. The van der Waals surface area contributed by atoms with Crippen molar-refractivity contribution in [3.8, 4) is 0 Å². The van der Waals surface area contributed by atoms with Crippen molar-refractivity contribution >= 4 is 49.7 Å². The number of alkyl halides is 6. The number of nitrogens with zero attached hydrogens (tertiary/aromatic N) is 1. The molecule has 0 aromatic carbocycles. The topological polar surface area (TPSA) is 91.7 Å². The fraction of sp³-hybridized carbons (Fsp3) is 1.00. The van der Waals surface area contributed by atoms with E-state index in [9.17, 15) is 43.2 Å². The van der Waals surface area contributed by atoms with Crippen molar-refractivity contribution in [2.75, 3.05) is 13.1 Å². The summed E-state index contributed by atoms with van der Waals surface area (Å²) in [4.78, 5) is 0. The van der Waals surface area contributed by atoms with Gasteiger partial charge in [0.05, 0.1) is 0 Å². The zero-order valence-corrected chi connectivity index (χ0v) is 14.8. The monoisotopic (exact) mass is 457 g/mol. The van der Waals surface area contributed by atoms with Gasteiger partial charge in [-0.15, -0.1) is 0 Å². The molecule has 1 aliphatic heterocycles. The van der Waals surface area contributed by atoms with E-state index in [0.717, 1.165) is 12.8 Å². The average Bonchev–Trinajstić information content (AvgIpc) is 2.52. The van der Waals surface area contributed by atoms with Crippen LogP contribution in [0, 0.1) is 11.8 Å². The molecule has 1 saturated heterocycles. The molecule has 2 rings (SSSR count). The van der Waals surface area contributed by atoms with Gasteiger partial charge in [-0.2, -0.15) is 39.1 Å². The van der Waals surface area contributed by atoms with Crippen LogP contribution in [0.25, 0.3) is 0 Å². The van der Waals surface area contributed by atoms with Gasteiger partial charge in [-0.05, 0) is 24.7 Å². The van der Waals surface area contributed by atoms with Crippen LogP contribution in [-0.2, 0) is 20.1 Å². The first-order valence-corrected chi connectivity index (χ1v) is 10.6. The van der Waals surface area contributed by atoms with Crippen LogP contribution in [0.5, 0.6) is 0 Å². The number of fused-ring (bicyclic) bond motifs is 1. The van der Waals surface area contributed by atoms with Crippen molar-refractivity contribution in [1.82, 2.24) is 4.31 Å². The van der Waals surface area contributed by atoms with Crippen LogP contribution < -0.4 is 0 Å². The van der Waals surface area contributed by atoms with Crippen molar-refractivity contribution in [3.05, 3.63) is 0 Å². The molecule has 6 nitrogen and oxygen atoms in total. The number of rotatable bonds is 5. The van der Waals surface area contributed by atoms with E-state index in [2.05, 4.69) is 0 Å². The summed E-state index contributed by atoms with van der Waals surface area (Å²) in [6.45, 7) is -1.09. The zero-order chi connectivity index (χ0) is 20.2. The standard InChI is InChI=1S/C12H17F6NO5S2.Na.H/c13-10(14,12(17,18)26(22,23)24)11(15,16)25(20,21)19-6-5-8-3-1-2-4-9(8)7-19;;/h8-9H,1-7H2,(H,22,23,24);;. The van der Waals surface area contributed by atoms with E-state index in [1.54, 1.807) is 0 Å². The third kappa shape index (κ3) is 4.04. The molecule has 156 valence electrons. The number of halogens is 6. The van der Waals surface area contributed by atoms with Gasteiger partial charge in [-0.25, -0.2) is 8.42 Å². The maximum absolute atomic E-state index is 14.0. The van der Waals surface area contributed by atoms with Crippen molar-refractivity contribution in [3.63, 3.8) is 0 Å². The summed E-state index contributed by atoms with van der Waals surface area (Å²) in [6, 6.07) is 0. The Labute approximate surface area is 174 Å². The summed E-state index contributed by atoms with van der Waals surface area (Å²) >= 11 is 0. The Morgan fingerprint density at radius 1 is 0.815 bits per heavy atom. The zero-order valence-electron chi connectivity index (χ0n) is 13.2. The number of hydrogen-bond acceptors (Lipinski definition) is 4. The fourth-order valence-corrected chi connectivity index (χ4v) is 5.47. The normalized spacial score (nSPS) is 26.2. The predicted octanol–water partition coefficient (Wildman–Crippen LogP) is 1.89. The second-order valence-electron chi connectivity index (χ2n) is 6.54. The Hall–Kier alpha value is 0.400. The van der Waals surface area contributed by atoms with Crippen molar-refractivity contribution in [1.29, 1.82) is 0 Å². The number of sulfonamides is 1. The van der Waals surface area contributed by atoms with Crippen LogP contribution in [0.15, 0.2) is 0 Å². The molecule has 15 heteroatoms. The molecule has 2 aliphatic rings. The van der Waals surface area contributed by atoms with Crippen LogP contribution in [0.4, 0.5) is 26.3 Å². The van der Waals surface area contributed by atoms with Crippen LogP contribution in [-0.4, -0.2) is 84.8 Å². The quantitative estimate of drug-likeness (QED) is 0.387. The molecule has 2 atom stereocenters. The molecule has 1 aliphatic carbocycles. The summed E-state index contributed by atoms with van der Waals surface area (Å²) in [5.74, 6) is -7.21. The number of piperidine rings is 1. The van der Waals surface area contributed by atoms with E-state index in [1.807, 2.05) is 0 Å². The summed E-state index contributed by atoms with van der Waals surface area (Å²) in [6.07, 6.45) is 2.89. The molecule has 0 spiro atoms. The third-order valence-corrected chi connectivity index (χ3v) is 7.79. The first kappa shape index (κ1) is 25.4. The first-order chi connectivity index (χ1) is 11.6.